The van der Waals surface area contributed by atoms with Crippen LogP contribution in [0.3, 0.4) is 0 Å². The molecule has 0 saturated carbocycles. The van der Waals surface area contributed by atoms with Crippen molar-refractivity contribution in [2.24, 2.45) is 0 Å². The molecule has 0 N–H and O–H groups in total. The van der Waals surface area contributed by atoms with Gasteiger partial charge in [-0.05, 0) is 6.08 Å². The van der Waals surface area contributed by atoms with E-state index in [1.807, 2.05) is 0 Å². The number of carbonyl (C=O) groups is 1. The van der Waals surface area contributed by atoms with Gasteiger partial charge in [0, 0.05) is 35.6 Å². The second-order valence-electron chi connectivity index (χ2n) is 1.42. The van der Waals surface area contributed by atoms with Crippen LogP contribution in [0.15, 0.2) is 24.3 Å². The van der Waals surface area contributed by atoms with Gasteiger partial charge in [0.25, 0.3) is 0 Å². The Balaban J connectivity index is 0.000000640. The van der Waals surface area contributed by atoms with Gasteiger partial charge < -0.3 is 4.74 Å². The number of rotatable bonds is 0. The molecule has 0 fully saturated rings. The molecule has 3 heteroatoms. The molecule has 0 amide bonds. The third-order valence-electron chi connectivity index (χ3n) is 0.801. The first-order chi connectivity index (χ1) is 3.89. The van der Waals surface area contributed by atoms with E-state index < -0.39 is 0 Å². The van der Waals surface area contributed by atoms with Gasteiger partial charge in [0.1, 0.15) is 6.61 Å². The number of ether oxygens (including phenoxy) is 1. The molecule has 1 rings (SSSR count). The van der Waals surface area contributed by atoms with Gasteiger partial charge in [0.05, 0.1) is 0 Å². The first-order valence-corrected chi connectivity index (χ1v) is 2.39. The molecule has 1 radical (unpaired) electrons. The molecule has 0 aromatic rings. The number of allylic oxidation sites excluding steroid dienone is 2. The van der Waals surface area contributed by atoms with Crippen LogP contribution in [0.25, 0.3) is 0 Å². The Labute approximate surface area is 75.9 Å². The molecule has 2 nitrogen and oxygen atoms in total. The summed E-state index contributed by atoms with van der Waals surface area (Å²) in [7, 11) is 0. The van der Waals surface area contributed by atoms with E-state index in [1.54, 1.807) is 18.2 Å². The van der Waals surface area contributed by atoms with Gasteiger partial charge in [-0.25, -0.2) is 4.79 Å². The molecule has 43 valence electrons. The molecule has 0 bridgehead atoms. The molecule has 0 unspecified atom stereocenters. The monoisotopic (exact) mass is 133 g/mol. The van der Waals surface area contributed by atoms with Crippen molar-refractivity contribution >= 4 is 35.5 Å². The molecule has 1 aliphatic heterocycles. The molecule has 0 aromatic heterocycles. The Kier molecular flexibility index (Phi) is 4.77. The third-order valence-corrected chi connectivity index (χ3v) is 0.801. The van der Waals surface area contributed by atoms with Crippen LogP contribution in [0.2, 0.25) is 0 Å². The molecule has 1 heterocycles. The Hall–Kier alpha value is -0.0500. The molecule has 0 saturated heterocycles. The average molecular weight is 133 g/mol. The van der Waals surface area contributed by atoms with E-state index in [4.69, 9.17) is 0 Å². The minimum absolute atomic E-state index is 0. The van der Waals surface area contributed by atoms with Crippen LogP contribution in [0.5, 0.6) is 0 Å². The van der Waals surface area contributed by atoms with E-state index >= 15 is 0 Å². The number of carbonyl (C=O) groups excluding carboxylic acids is 1. The minimum Gasteiger partial charge on any atom is -0.458 e. The molecule has 9 heavy (non-hydrogen) atoms. The molecular formula is C6H6NaO2. The van der Waals surface area contributed by atoms with Crippen LogP contribution in [0.1, 0.15) is 0 Å². The Bertz CT molecular complexity index is 149. The van der Waals surface area contributed by atoms with Gasteiger partial charge in [0.2, 0.25) is 0 Å². The van der Waals surface area contributed by atoms with Gasteiger partial charge >= 0.3 is 5.97 Å². The van der Waals surface area contributed by atoms with Gasteiger partial charge in [-0.1, -0.05) is 12.2 Å². The van der Waals surface area contributed by atoms with E-state index in [9.17, 15) is 4.79 Å². The van der Waals surface area contributed by atoms with Crippen molar-refractivity contribution in [3.8, 4) is 0 Å². The van der Waals surface area contributed by atoms with Crippen molar-refractivity contribution < 1.29 is 9.53 Å². The summed E-state index contributed by atoms with van der Waals surface area (Å²) in [6.07, 6.45) is 6.62. The second kappa shape index (κ2) is 4.79. The number of cyclic esters (lactones) is 1. The Morgan fingerprint density at radius 3 is 3.00 bits per heavy atom. The van der Waals surface area contributed by atoms with E-state index in [0.29, 0.717) is 6.61 Å². The minimum atomic E-state index is -0.269. The fourth-order valence-electron chi connectivity index (χ4n) is 0.447. The first-order valence-electron chi connectivity index (χ1n) is 2.39. The van der Waals surface area contributed by atoms with E-state index in [-0.39, 0.29) is 35.5 Å². The van der Waals surface area contributed by atoms with Crippen LogP contribution >= 0.6 is 0 Å². The van der Waals surface area contributed by atoms with Gasteiger partial charge in [-0.15, -0.1) is 0 Å². The molecule has 0 aliphatic carbocycles. The summed E-state index contributed by atoms with van der Waals surface area (Å²) < 4.78 is 4.59. The summed E-state index contributed by atoms with van der Waals surface area (Å²) in [6.45, 7) is 0.395. The summed E-state index contributed by atoms with van der Waals surface area (Å²) in [5.41, 5.74) is 0. The summed E-state index contributed by atoms with van der Waals surface area (Å²) in [6, 6.07) is 0. The fourth-order valence-corrected chi connectivity index (χ4v) is 0.447. The average Bonchev–Trinajstić information content (AvgIpc) is 1.94. The largest absolute Gasteiger partial charge is 0.458 e. The van der Waals surface area contributed by atoms with Crippen LogP contribution in [-0.2, 0) is 9.53 Å². The van der Waals surface area contributed by atoms with Crippen molar-refractivity contribution in [2.45, 2.75) is 0 Å². The fraction of sp³-hybridized carbons (Fsp3) is 0.167. The summed E-state index contributed by atoms with van der Waals surface area (Å²) in [4.78, 5) is 10.3. The van der Waals surface area contributed by atoms with Gasteiger partial charge in [0.15, 0.2) is 0 Å². The normalized spacial score (nSPS) is 15.8. The summed E-state index contributed by atoms with van der Waals surface area (Å²) in [5.74, 6) is -0.269. The molecule has 0 spiro atoms. The van der Waals surface area contributed by atoms with E-state index in [2.05, 4.69) is 4.74 Å². The quantitative estimate of drug-likeness (QED) is 0.350. The van der Waals surface area contributed by atoms with Crippen molar-refractivity contribution in [1.29, 1.82) is 0 Å². The molecule has 0 aromatic carbocycles. The van der Waals surface area contributed by atoms with Crippen LogP contribution in [-0.4, -0.2) is 42.1 Å². The van der Waals surface area contributed by atoms with Crippen LogP contribution < -0.4 is 0 Å². The van der Waals surface area contributed by atoms with E-state index in [1.165, 1.54) is 6.08 Å². The van der Waals surface area contributed by atoms with Crippen molar-refractivity contribution in [3.63, 3.8) is 0 Å². The molecule has 1 aliphatic rings. The second-order valence-corrected chi connectivity index (χ2v) is 1.42. The SMILES string of the molecule is O=C1C=CC=CCO1.[Na]. The van der Waals surface area contributed by atoms with E-state index in [0.717, 1.165) is 0 Å². The smallest absolute Gasteiger partial charge is 0.331 e. The number of hydrogen-bond acceptors (Lipinski definition) is 2. The standard InChI is InChI=1S/C6H6O2.Na/c7-6-4-2-1-3-5-8-6;/h1-4H,5H2;. The van der Waals surface area contributed by atoms with Crippen molar-refractivity contribution in [3.05, 3.63) is 24.3 Å². The number of hydrogen-bond donors (Lipinski definition) is 0. The predicted octanol–water partition coefficient (Wildman–Crippen LogP) is 0.275. The molecule has 0 atom stereocenters. The maximum absolute atomic E-state index is 10.3. The van der Waals surface area contributed by atoms with Crippen molar-refractivity contribution in [1.82, 2.24) is 0 Å². The van der Waals surface area contributed by atoms with Gasteiger partial charge in [-0.2, -0.15) is 0 Å². The van der Waals surface area contributed by atoms with Crippen LogP contribution in [0.4, 0.5) is 0 Å². The predicted molar refractivity (Wildman–Crippen MR) is 35.0 cm³/mol. The zero-order valence-electron chi connectivity index (χ0n) is 5.33. The molecular weight excluding hydrogens is 127 g/mol. The Morgan fingerprint density at radius 1 is 1.44 bits per heavy atom. The topological polar surface area (TPSA) is 26.3 Å². The summed E-state index contributed by atoms with van der Waals surface area (Å²) >= 11 is 0. The van der Waals surface area contributed by atoms with Gasteiger partial charge in [-0.3, -0.25) is 0 Å². The first kappa shape index (κ1) is 8.95. The van der Waals surface area contributed by atoms with Crippen molar-refractivity contribution in [2.75, 3.05) is 6.61 Å². The maximum Gasteiger partial charge on any atom is 0.331 e. The Morgan fingerprint density at radius 2 is 2.22 bits per heavy atom. The zero-order valence-corrected chi connectivity index (χ0v) is 7.33. The number of esters is 1. The zero-order chi connectivity index (χ0) is 5.82. The van der Waals surface area contributed by atoms with Crippen LogP contribution in [0, 0.1) is 0 Å². The summed E-state index contributed by atoms with van der Waals surface area (Å²) in [5, 5.41) is 0. The maximum atomic E-state index is 10.3. The third kappa shape index (κ3) is 3.51.